The normalized spacial score (nSPS) is 13.5. The fourth-order valence-electron chi connectivity index (χ4n) is 3.60. The van der Waals surface area contributed by atoms with Crippen molar-refractivity contribution < 1.29 is 4.79 Å². The highest BCUT2D eigenvalue weighted by atomic mass is 16.1. The van der Waals surface area contributed by atoms with Crippen molar-refractivity contribution >= 4 is 16.7 Å². The van der Waals surface area contributed by atoms with Gasteiger partial charge in [-0.1, -0.05) is 48.5 Å². The lowest BCUT2D eigenvalue weighted by molar-refractivity contribution is 0.0951. The molecule has 2 nitrogen and oxygen atoms in total. The van der Waals surface area contributed by atoms with E-state index in [2.05, 4.69) is 41.7 Å². The Morgan fingerprint density at radius 3 is 2.58 bits per heavy atom. The quantitative estimate of drug-likeness (QED) is 0.749. The largest absolute Gasteiger partial charge is 0.348 e. The summed E-state index contributed by atoms with van der Waals surface area (Å²) in [4.78, 5) is 12.5. The van der Waals surface area contributed by atoms with E-state index in [0.717, 1.165) is 24.0 Å². The molecule has 0 bridgehead atoms. The molecular weight excluding hydrogens is 294 g/mol. The minimum atomic E-state index is 0.0105. The van der Waals surface area contributed by atoms with E-state index in [4.69, 9.17) is 0 Å². The van der Waals surface area contributed by atoms with Crippen molar-refractivity contribution in [2.75, 3.05) is 0 Å². The molecule has 0 aliphatic heterocycles. The van der Waals surface area contributed by atoms with Crippen LogP contribution in [0, 0.1) is 0 Å². The molecule has 0 aromatic heterocycles. The second-order valence-corrected chi connectivity index (χ2v) is 6.51. The molecule has 120 valence electrons. The maximum Gasteiger partial charge on any atom is 0.251 e. The lowest BCUT2D eigenvalue weighted by atomic mass is 9.90. The van der Waals surface area contributed by atoms with Crippen molar-refractivity contribution in [3.8, 4) is 0 Å². The van der Waals surface area contributed by atoms with Crippen LogP contribution >= 0.6 is 0 Å². The Morgan fingerprint density at radius 2 is 1.67 bits per heavy atom. The van der Waals surface area contributed by atoms with Crippen LogP contribution in [0.4, 0.5) is 0 Å². The number of nitrogens with one attached hydrogen (secondary N) is 1. The van der Waals surface area contributed by atoms with Crippen molar-refractivity contribution in [1.82, 2.24) is 5.32 Å². The number of rotatable bonds is 3. The summed E-state index contributed by atoms with van der Waals surface area (Å²) < 4.78 is 0. The zero-order chi connectivity index (χ0) is 16.4. The fourth-order valence-corrected chi connectivity index (χ4v) is 3.60. The molecule has 0 atom stereocenters. The summed E-state index contributed by atoms with van der Waals surface area (Å²) in [6, 6.07) is 20.7. The molecule has 24 heavy (non-hydrogen) atoms. The average Bonchev–Trinajstić information content (AvgIpc) is 2.65. The Balaban J connectivity index is 1.52. The molecule has 1 aliphatic carbocycles. The summed E-state index contributed by atoms with van der Waals surface area (Å²) in [6.45, 7) is 0.553. The molecule has 3 aromatic carbocycles. The van der Waals surface area contributed by atoms with Gasteiger partial charge < -0.3 is 5.32 Å². The number of carbonyl (C=O) groups is 1. The van der Waals surface area contributed by atoms with Crippen LogP contribution in [0.1, 0.15) is 39.9 Å². The molecule has 0 saturated heterocycles. The van der Waals surface area contributed by atoms with Crippen LogP contribution in [0.2, 0.25) is 0 Å². The van der Waals surface area contributed by atoms with Crippen LogP contribution in [-0.4, -0.2) is 5.91 Å². The minimum absolute atomic E-state index is 0.0105. The van der Waals surface area contributed by atoms with Crippen molar-refractivity contribution in [3.63, 3.8) is 0 Å². The Kier molecular flexibility index (Phi) is 4.04. The first-order valence-corrected chi connectivity index (χ1v) is 8.68. The number of amides is 1. The number of benzene rings is 3. The van der Waals surface area contributed by atoms with Gasteiger partial charge in [0, 0.05) is 12.1 Å². The minimum Gasteiger partial charge on any atom is -0.348 e. The third-order valence-electron chi connectivity index (χ3n) is 4.93. The van der Waals surface area contributed by atoms with Gasteiger partial charge in [0.15, 0.2) is 0 Å². The molecule has 4 rings (SSSR count). The lowest BCUT2D eigenvalue weighted by Crippen LogP contribution is -2.23. The first-order valence-electron chi connectivity index (χ1n) is 8.68. The predicted molar refractivity (Wildman–Crippen MR) is 98.2 cm³/mol. The summed E-state index contributed by atoms with van der Waals surface area (Å²) in [5, 5.41) is 5.48. The monoisotopic (exact) mass is 315 g/mol. The van der Waals surface area contributed by atoms with Gasteiger partial charge in [-0.15, -0.1) is 0 Å². The standard InChI is InChI=1S/C22H21NO/c24-22(19-13-12-16-6-1-2-8-18(16)14-19)23-15-20-10-5-9-17-7-3-4-11-21(17)20/h3-5,7,9-14H,1-2,6,8,15H2,(H,23,24). The molecule has 0 spiro atoms. The van der Waals surface area contributed by atoms with E-state index in [0.29, 0.717) is 6.54 Å². The second-order valence-electron chi connectivity index (χ2n) is 6.51. The maximum absolute atomic E-state index is 12.5. The summed E-state index contributed by atoms with van der Waals surface area (Å²) in [6.07, 6.45) is 4.74. The van der Waals surface area contributed by atoms with E-state index >= 15 is 0 Å². The zero-order valence-electron chi connectivity index (χ0n) is 13.7. The second kappa shape index (κ2) is 6.48. The highest BCUT2D eigenvalue weighted by Gasteiger charge is 2.13. The number of aryl methyl sites for hydroxylation is 2. The Labute approximate surface area is 142 Å². The van der Waals surface area contributed by atoms with Crippen molar-refractivity contribution in [3.05, 3.63) is 82.9 Å². The molecular formula is C22H21NO. The molecule has 1 amide bonds. The molecule has 0 fully saturated rings. The van der Waals surface area contributed by atoms with Crippen LogP contribution in [0.15, 0.2) is 60.7 Å². The molecule has 0 heterocycles. The predicted octanol–water partition coefficient (Wildman–Crippen LogP) is 4.65. The van der Waals surface area contributed by atoms with Gasteiger partial charge in [-0.3, -0.25) is 4.79 Å². The maximum atomic E-state index is 12.5. The fraction of sp³-hybridized carbons (Fsp3) is 0.227. The molecule has 1 N–H and O–H groups in total. The van der Waals surface area contributed by atoms with Crippen LogP contribution in [0.25, 0.3) is 10.8 Å². The summed E-state index contributed by atoms with van der Waals surface area (Å²) in [7, 11) is 0. The van der Waals surface area contributed by atoms with E-state index in [1.165, 1.54) is 34.7 Å². The molecule has 0 radical (unpaired) electrons. The first-order chi connectivity index (χ1) is 11.8. The summed E-state index contributed by atoms with van der Waals surface area (Å²) in [5.74, 6) is 0.0105. The molecule has 0 unspecified atom stereocenters. The van der Waals surface area contributed by atoms with E-state index in [9.17, 15) is 4.79 Å². The number of carbonyl (C=O) groups excluding carboxylic acids is 1. The highest BCUT2D eigenvalue weighted by molar-refractivity contribution is 5.95. The van der Waals surface area contributed by atoms with Crippen molar-refractivity contribution in [2.45, 2.75) is 32.2 Å². The summed E-state index contributed by atoms with van der Waals surface area (Å²) in [5.41, 5.74) is 4.68. The topological polar surface area (TPSA) is 29.1 Å². The van der Waals surface area contributed by atoms with E-state index in [1.807, 2.05) is 24.3 Å². The van der Waals surface area contributed by atoms with Gasteiger partial charge in [-0.05, 0) is 65.3 Å². The SMILES string of the molecule is O=C(NCc1cccc2ccccc12)c1ccc2c(c1)CCCC2. The Morgan fingerprint density at radius 1 is 0.875 bits per heavy atom. The molecule has 1 aliphatic rings. The third kappa shape index (κ3) is 2.92. The number of hydrogen-bond acceptors (Lipinski definition) is 1. The van der Waals surface area contributed by atoms with Gasteiger partial charge >= 0.3 is 0 Å². The first kappa shape index (κ1) is 14.9. The van der Waals surface area contributed by atoms with E-state index < -0.39 is 0 Å². The molecule has 2 heteroatoms. The van der Waals surface area contributed by atoms with E-state index in [-0.39, 0.29) is 5.91 Å². The summed E-state index contributed by atoms with van der Waals surface area (Å²) >= 11 is 0. The van der Waals surface area contributed by atoms with Crippen molar-refractivity contribution in [2.24, 2.45) is 0 Å². The average molecular weight is 315 g/mol. The third-order valence-corrected chi connectivity index (χ3v) is 4.93. The smallest absolute Gasteiger partial charge is 0.251 e. The lowest BCUT2D eigenvalue weighted by Gasteiger charge is -2.16. The molecule has 0 saturated carbocycles. The van der Waals surface area contributed by atoms with Crippen LogP contribution in [0.3, 0.4) is 0 Å². The van der Waals surface area contributed by atoms with E-state index in [1.54, 1.807) is 0 Å². The van der Waals surface area contributed by atoms with Crippen LogP contribution in [-0.2, 0) is 19.4 Å². The molecule has 3 aromatic rings. The number of hydrogen-bond donors (Lipinski definition) is 1. The van der Waals surface area contributed by atoms with Gasteiger partial charge in [-0.25, -0.2) is 0 Å². The van der Waals surface area contributed by atoms with Crippen LogP contribution < -0.4 is 5.32 Å². The van der Waals surface area contributed by atoms with Crippen molar-refractivity contribution in [1.29, 1.82) is 0 Å². The number of fused-ring (bicyclic) bond motifs is 2. The Hall–Kier alpha value is -2.61. The van der Waals surface area contributed by atoms with Gasteiger partial charge in [0.05, 0.1) is 0 Å². The van der Waals surface area contributed by atoms with Gasteiger partial charge in [0.25, 0.3) is 5.91 Å². The van der Waals surface area contributed by atoms with Gasteiger partial charge in [0.2, 0.25) is 0 Å². The van der Waals surface area contributed by atoms with Crippen LogP contribution in [0.5, 0.6) is 0 Å². The van der Waals surface area contributed by atoms with Gasteiger partial charge in [-0.2, -0.15) is 0 Å². The van der Waals surface area contributed by atoms with Gasteiger partial charge in [0.1, 0.15) is 0 Å². The zero-order valence-corrected chi connectivity index (χ0v) is 13.7. The highest BCUT2D eigenvalue weighted by Crippen LogP contribution is 2.22. The Bertz CT molecular complexity index is 892.